The highest BCUT2D eigenvalue weighted by Gasteiger charge is 2.05. The highest BCUT2D eigenvalue weighted by atomic mass is 32.1. The first-order valence-corrected chi connectivity index (χ1v) is 24.3. The fourth-order valence-electron chi connectivity index (χ4n) is 7.58. The Morgan fingerprint density at radius 1 is 0.436 bits per heavy atom. The monoisotopic (exact) mass is 775 g/mol. The fourth-order valence-corrected chi connectivity index (χ4v) is 7.78. The molecule has 0 saturated carbocycles. The van der Waals surface area contributed by atoms with E-state index in [4.69, 9.17) is 21.7 Å². The molecule has 312 valence electrons. The number of benzene rings is 2. The molecule has 0 saturated heterocycles. The Balaban J connectivity index is 1.69. The maximum absolute atomic E-state index is 6.31. The van der Waals surface area contributed by atoms with Crippen molar-refractivity contribution in [3.05, 3.63) is 65.2 Å². The zero-order valence-corrected chi connectivity index (χ0v) is 37.3. The van der Waals surface area contributed by atoms with Gasteiger partial charge in [0.25, 0.3) is 0 Å². The summed E-state index contributed by atoms with van der Waals surface area (Å²) in [6.45, 7) is 8.33. The van der Waals surface area contributed by atoms with Crippen molar-refractivity contribution in [1.82, 2.24) is 0 Å². The van der Waals surface area contributed by atoms with E-state index in [1.54, 1.807) is 0 Å². The van der Waals surface area contributed by atoms with Crippen LogP contribution in [-0.4, -0.2) is 18.1 Å². The summed E-state index contributed by atoms with van der Waals surface area (Å²) >= 11 is 5.80. The van der Waals surface area contributed by atoms with E-state index < -0.39 is 0 Å². The van der Waals surface area contributed by atoms with Gasteiger partial charge in [-0.15, -0.1) is 0 Å². The Kier molecular flexibility index (Phi) is 32.3. The average Bonchev–Trinajstić information content (AvgIpc) is 3.20. The topological polar surface area (TPSA) is 18.5 Å². The van der Waals surface area contributed by atoms with Gasteiger partial charge < -0.3 is 9.47 Å². The van der Waals surface area contributed by atoms with Crippen LogP contribution in [0.3, 0.4) is 0 Å². The number of ether oxygens (including phenoxy) is 2. The van der Waals surface area contributed by atoms with Gasteiger partial charge in [-0.1, -0.05) is 250 Å². The van der Waals surface area contributed by atoms with Crippen molar-refractivity contribution in [2.45, 2.75) is 226 Å². The normalized spacial score (nSPS) is 11.5. The molecule has 0 aliphatic heterocycles. The smallest absolute Gasteiger partial charge is 0.123 e. The molecule has 0 heterocycles. The van der Waals surface area contributed by atoms with Gasteiger partial charge in [-0.25, -0.2) is 0 Å². The molecule has 0 aliphatic carbocycles. The van der Waals surface area contributed by atoms with Crippen molar-refractivity contribution in [3.63, 3.8) is 0 Å². The van der Waals surface area contributed by atoms with Gasteiger partial charge in [0, 0.05) is 10.9 Å². The molecule has 0 amide bonds. The van der Waals surface area contributed by atoms with Crippen LogP contribution in [0.5, 0.6) is 11.5 Å². The Bertz CT molecular complexity index is 1130. The Hall–Kier alpha value is -2.13. The van der Waals surface area contributed by atoms with Gasteiger partial charge in [0.2, 0.25) is 0 Å². The first-order chi connectivity index (χ1) is 27.2. The molecule has 0 N–H and O–H groups in total. The number of rotatable bonds is 39. The number of hydrogen-bond acceptors (Lipinski definition) is 3. The molecule has 0 bridgehead atoms. The maximum atomic E-state index is 6.31. The van der Waals surface area contributed by atoms with Crippen molar-refractivity contribution < 1.29 is 9.47 Å². The Morgan fingerprint density at radius 2 is 0.782 bits per heavy atom. The quantitative estimate of drug-likeness (QED) is 0.0292. The van der Waals surface area contributed by atoms with Crippen LogP contribution in [0, 0.1) is 0 Å². The number of unbranched alkanes of at least 4 members (excludes halogenated alkanes) is 28. The van der Waals surface area contributed by atoms with Crippen molar-refractivity contribution in [3.8, 4) is 11.5 Å². The van der Waals surface area contributed by atoms with Crippen LogP contribution in [0.2, 0.25) is 0 Å². The van der Waals surface area contributed by atoms with Gasteiger partial charge in [-0.05, 0) is 54.2 Å². The predicted octanol–water partition coefficient (Wildman–Crippen LogP) is 17.6. The van der Waals surface area contributed by atoms with Crippen LogP contribution in [-0.2, 0) is 6.42 Å². The summed E-state index contributed by atoms with van der Waals surface area (Å²) in [5.41, 5.74) is 3.54. The van der Waals surface area contributed by atoms with E-state index in [-0.39, 0.29) is 0 Å². The lowest BCUT2D eigenvalue weighted by Crippen LogP contribution is -2.01. The second-order valence-corrected chi connectivity index (χ2v) is 16.9. The average molecular weight is 775 g/mol. The summed E-state index contributed by atoms with van der Waals surface area (Å²) in [6.07, 6.45) is 47.7. The zero-order chi connectivity index (χ0) is 39.3. The van der Waals surface area contributed by atoms with Gasteiger partial charge in [0.1, 0.15) is 11.5 Å². The van der Waals surface area contributed by atoms with E-state index in [1.165, 1.54) is 185 Å². The van der Waals surface area contributed by atoms with Crippen LogP contribution >= 0.6 is 12.2 Å². The van der Waals surface area contributed by atoms with Crippen molar-refractivity contribution in [2.75, 3.05) is 13.2 Å². The fraction of sp³-hybridized carbons (Fsp3) is 0.712. The van der Waals surface area contributed by atoms with E-state index in [0.29, 0.717) is 0 Å². The SMILES string of the molecule is CCCCCCCCCCCCCCCCCOc1cc(C=CC(=S)c2ccc(CCC)cc2)cc(OCCCCCCCCCCCCCCCCC)c1. The van der Waals surface area contributed by atoms with Crippen LogP contribution in [0.4, 0.5) is 0 Å². The lowest BCUT2D eigenvalue weighted by atomic mass is 10.0. The largest absolute Gasteiger partial charge is 0.493 e. The van der Waals surface area contributed by atoms with Crippen molar-refractivity contribution in [2.24, 2.45) is 0 Å². The van der Waals surface area contributed by atoms with Gasteiger partial charge in [-0.2, -0.15) is 0 Å². The highest BCUT2D eigenvalue weighted by Crippen LogP contribution is 2.25. The molecule has 0 spiro atoms. The summed E-state index contributed by atoms with van der Waals surface area (Å²) in [5, 5.41) is 0. The van der Waals surface area contributed by atoms with E-state index in [9.17, 15) is 0 Å². The minimum Gasteiger partial charge on any atom is -0.493 e. The second-order valence-electron chi connectivity index (χ2n) is 16.5. The van der Waals surface area contributed by atoms with E-state index in [1.807, 2.05) is 0 Å². The molecule has 0 aliphatic rings. The van der Waals surface area contributed by atoms with Crippen LogP contribution in [0.25, 0.3) is 6.08 Å². The molecule has 0 aromatic heterocycles. The molecule has 0 unspecified atom stereocenters. The molecule has 0 fully saturated rings. The maximum Gasteiger partial charge on any atom is 0.123 e. The number of hydrogen-bond donors (Lipinski definition) is 0. The minimum atomic E-state index is 0.756. The van der Waals surface area contributed by atoms with Crippen molar-refractivity contribution >= 4 is 23.2 Å². The molecule has 2 aromatic rings. The van der Waals surface area contributed by atoms with Gasteiger partial charge in [-0.3, -0.25) is 0 Å². The molecule has 0 atom stereocenters. The van der Waals surface area contributed by atoms with Crippen LogP contribution in [0.15, 0.2) is 48.5 Å². The van der Waals surface area contributed by atoms with Gasteiger partial charge in [0.05, 0.1) is 13.2 Å². The standard InChI is InChI=1S/C52H86O2S/c1-4-7-9-11-13-15-17-19-21-23-25-27-29-31-33-42-53-50-44-48(38-41-52(55)49-39-36-47(35-6-3)37-40-49)45-51(46-50)54-43-34-32-30-28-26-24-22-20-18-16-14-12-10-8-5-2/h36-41,44-46H,4-35,42-43H2,1-3H3. The predicted molar refractivity (Wildman–Crippen MR) is 248 cm³/mol. The highest BCUT2D eigenvalue weighted by molar-refractivity contribution is 7.81. The summed E-state index contributed by atoms with van der Waals surface area (Å²) in [4.78, 5) is 0.854. The van der Waals surface area contributed by atoms with E-state index in [0.717, 1.165) is 66.4 Å². The van der Waals surface area contributed by atoms with E-state index >= 15 is 0 Å². The third-order valence-electron chi connectivity index (χ3n) is 11.1. The number of aryl methyl sites for hydroxylation is 1. The summed E-state index contributed by atoms with van der Waals surface area (Å²) in [5.74, 6) is 1.79. The third kappa shape index (κ3) is 28.0. The first-order valence-electron chi connectivity index (χ1n) is 23.9. The lowest BCUT2D eigenvalue weighted by Gasteiger charge is -2.12. The molecule has 3 heteroatoms. The van der Waals surface area contributed by atoms with Crippen LogP contribution < -0.4 is 9.47 Å². The Morgan fingerprint density at radius 3 is 1.13 bits per heavy atom. The van der Waals surface area contributed by atoms with Crippen molar-refractivity contribution in [1.29, 1.82) is 0 Å². The van der Waals surface area contributed by atoms with Gasteiger partial charge in [0.15, 0.2) is 0 Å². The molecule has 0 radical (unpaired) electrons. The summed E-state index contributed by atoms with van der Waals surface area (Å²) < 4.78 is 12.6. The molecule has 55 heavy (non-hydrogen) atoms. The first kappa shape index (κ1) is 49.0. The number of allylic oxidation sites excluding steroid dienone is 1. The molecule has 2 aromatic carbocycles. The minimum absolute atomic E-state index is 0.756. The summed E-state index contributed by atoms with van der Waals surface area (Å²) in [6, 6.07) is 15.1. The third-order valence-corrected chi connectivity index (χ3v) is 11.5. The van der Waals surface area contributed by atoms with E-state index in [2.05, 4.69) is 75.4 Å². The molecule has 2 rings (SSSR count). The zero-order valence-electron chi connectivity index (χ0n) is 36.5. The summed E-state index contributed by atoms with van der Waals surface area (Å²) in [7, 11) is 0. The lowest BCUT2D eigenvalue weighted by molar-refractivity contribution is 0.289. The molecular weight excluding hydrogens is 689 g/mol. The molecule has 2 nitrogen and oxygen atoms in total. The van der Waals surface area contributed by atoms with Gasteiger partial charge >= 0.3 is 0 Å². The molecular formula is C52H86O2S. The second kappa shape index (κ2) is 36.2. The number of thiocarbonyl (C=S) groups is 1. The Labute approximate surface area is 347 Å². The van der Waals surface area contributed by atoms with Crippen LogP contribution in [0.1, 0.15) is 237 Å².